The van der Waals surface area contributed by atoms with Crippen molar-refractivity contribution in [2.45, 2.75) is 0 Å². The fourth-order valence-electron chi connectivity index (χ4n) is 7.29. The highest BCUT2D eigenvalue weighted by molar-refractivity contribution is 6.09. The number of nitrogens with zero attached hydrogens (tertiary/aromatic N) is 6. The van der Waals surface area contributed by atoms with Gasteiger partial charge in [-0.15, -0.1) is 12.4 Å². The first kappa shape index (κ1) is 33.1. The summed E-state index contributed by atoms with van der Waals surface area (Å²) in [6, 6.07) is 21.5. The molecule has 0 unspecified atom stereocenters. The van der Waals surface area contributed by atoms with Crippen LogP contribution in [0.3, 0.4) is 0 Å². The molecule has 5 aliphatic rings. The monoisotopic (exact) mass is 701 g/mol. The van der Waals surface area contributed by atoms with Crippen molar-refractivity contribution in [3.63, 3.8) is 0 Å². The van der Waals surface area contributed by atoms with Crippen molar-refractivity contribution in [2.24, 2.45) is 0 Å². The van der Waals surface area contributed by atoms with Crippen LogP contribution in [0.25, 0.3) is 74.3 Å². The molecule has 0 atom stereocenters. The first-order valence-electron chi connectivity index (χ1n) is 17.5. The van der Waals surface area contributed by atoms with Gasteiger partial charge in [-0.2, -0.15) is 0 Å². The van der Waals surface area contributed by atoms with Crippen LogP contribution in [0.1, 0.15) is 33.9 Å². The van der Waals surface area contributed by atoms with Gasteiger partial charge in [0.05, 0.1) is 33.8 Å². The van der Waals surface area contributed by atoms with Crippen molar-refractivity contribution in [1.82, 2.24) is 34.2 Å². The normalized spacial score (nSPS) is 16.2. The number of aromatic nitrogens is 4. The molecule has 3 aromatic heterocycles. The second-order valence-corrected chi connectivity index (χ2v) is 13.6. The van der Waals surface area contributed by atoms with Gasteiger partial charge in [0.15, 0.2) is 0 Å². The molecule has 1 aromatic carbocycles. The van der Waals surface area contributed by atoms with Crippen molar-refractivity contribution >= 4 is 75.6 Å². The molecule has 258 valence electrons. The van der Waals surface area contributed by atoms with E-state index in [1.807, 2.05) is 0 Å². The van der Waals surface area contributed by atoms with E-state index in [0.29, 0.717) is 0 Å². The van der Waals surface area contributed by atoms with E-state index in [0.717, 1.165) is 86.9 Å². The molecule has 52 heavy (non-hydrogen) atoms. The number of aromatic amines is 1. The molecule has 8 heterocycles. The maximum absolute atomic E-state index is 5.35. The van der Waals surface area contributed by atoms with Crippen LogP contribution in [-0.2, 0) is 0 Å². The summed E-state index contributed by atoms with van der Waals surface area (Å²) in [5.41, 5.74) is 15.9. The van der Waals surface area contributed by atoms with E-state index in [4.69, 9.17) is 9.97 Å². The van der Waals surface area contributed by atoms with Crippen LogP contribution in [0.5, 0.6) is 0 Å². The largest absolute Gasteiger partial charge is 0.377 e. The van der Waals surface area contributed by atoms with Crippen molar-refractivity contribution < 1.29 is 0 Å². The van der Waals surface area contributed by atoms with Gasteiger partial charge in [-0.1, -0.05) is 42.5 Å². The fourth-order valence-corrected chi connectivity index (χ4v) is 7.29. The molecular formula is C44H40ClN7. The molecule has 9 rings (SSSR count). The minimum absolute atomic E-state index is 0. The highest BCUT2D eigenvalue weighted by Crippen LogP contribution is 2.45. The fraction of sp³-hybridized carbons (Fsp3) is 0.136. The number of hydrogen-bond acceptors (Lipinski definition) is 5. The second-order valence-electron chi connectivity index (χ2n) is 13.6. The molecule has 7 nitrogen and oxygen atoms in total. The zero-order valence-electron chi connectivity index (χ0n) is 29.5. The van der Waals surface area contributed by atoms with Gasteiger partial charge < -0.3 is 24.3 Å². The first-order chi connectivity index (χ1) is 25.0. The van der Waals surface area contributed by atoms with Crippen LogP contribution >= 0.6 is 12.4 Å². The number of hydrogen-bond donors (Lipinski definition) is 1. The second kappa shape index (κ2) is 13.6. The van der Waals surface area contributed by atoms with Gasteiger partial charge in [-0.25, -0.2) is 9.97 Å². The van der Waals surface area contributed by atoms with Crippen molar-refractivity contribution in [3.8, 4) is 11.1 Å². The van der Waals surface area contributed by atoms with Crippen LogP contribution < -0.4 is 0 Å². The standard InChI is InChI=1S/C44H39N7.ClH/c1-48-21-15-31(16-22-48)41-39-14-13-36(47-39)28-35-10-9-33(45-35)27-34-11-12-37(46-34)29-40-42(30-7-5-4-6-8-30)43(32-17-23-49(2)24-18-32)44(41)51(40)38-19-25-50(3)26-20-38;/h4-21,23,25,27-29,45H,22,24,26H2,1-3H3;1H. The van der Waals surface area contributed by atoms with Crippen LogP contribution in [0.15, 0.2) is 116 Å². The van der Waals surface area contributed by atoms with Crippen LogP contribution in [0, 0.1) is 0 Å². The molecule has 0 aliphatic carbocycles. The van der Waals surface area contributed by atoms with Gasteiger partial charge in [0.25, 0.3) is 0 Å². The molecule has 0 radical (unpaired) electrons. The van der Waals surface area contributed by atoms with Gasteiger partial charge in [-0.3, -0.25) is 0 Å². The average molecular weight is 702 g/mol. The number of H-pyrrole nitrogens is 1. The summed E-state index contributed by atoms with van der Waals surface area (Å²) in [5, 5.41) is 0. The number of rotatable bonds is 4. The summed E-state index contributed by atoms with van der Waals surface area (Å²) >= 11 is 0. The topological polar surface area (TPSA) is 56.2 Å². The van der Waals surface area contributed by atoms with E-state index in [1.165, 1.54) is 16.7 Å². The molecule has 8 bridgehead atoms. The highest BCUT2D eigenvalue weighted by Gasteiger charge is 2.27. The van der Waals surface area contributed by atoms with Crippen LogP contribution in [0.2, 0.25) is 0 Å². The Kier molecular flexibility index (Phi) is 8.65. The van der Waals surface area contributed by atoms with E-state index < -0.39 is 0 Å². The summed E-state index contributed by atoms with van der Waals surface area (Å²) in [7, 11) is 6.35. The van der Waals surface area contributed by atoms with Gasteiger partial charge in [0, 0.05) is 80.4 Å². The quantitative estimate of drug-likeness (QED) is 0.199. The van der Waals surface area contributed by atoms with E-state index >= 15 is 0 Å². The maximum atomic E-state index is 5.35. The molecule has 8 heteroatoms. The Labute approximate surface area is 310 Å². The summed E-state index contributed by atoms with van der Waals surface area (Å²) in [6.45, 7) is 2.42. The minimum atomic E-state index is 0. The smallest absolute Gasteiger partial charge is 0.0737 e. The van der Waals surface area contributed by atoms with Gasteiger partial charge in [0.1, 0.15) is 0 Å². The average Bonchev–Trinajstić information content (AvgIpc) is 3.95. The Morgan fingerprint density at radius 1 is 0.558 bits per heavy atom. The Bertz CT molecular complexity index is 2500. The minimum Gasteiger partial charge on any atom is -0.377 e. The SMILES string of the molecule is CN1C=CC(c2c3nc(cc4ccc(cc5nc(cc6c(-c7ccccc7)c(C7=CCN(C)C=C7)c2n6C2=CCN(C)C=C2)C=C5)[nH]4)C=C3)=CC1.Cl. The first-order valence-corrected chi connectivity index (χ1v) is 17.5. The third-order valence-electron chi connectivity index (χ3n) is 9.87. The highest BCUT2D eigenvalue weighted by atomic mass is 35.5. The molecular weight excluding hydrogens is 662 g/mol. The predicted molar refractivity (Wildman–Crippen MR) is 221 cm³/mol. The van der Waals surface area contributed by atoms with E-state index in [2.05, 4.69) is 185 Å². The predicted octanol–water partition coefficient (Wildman–Crippen LogP) is 9.20. The lowest BCUT2D eigenvalue weighted by molar-refractivity contribution is 0.505. The van der Waals surface area contributed by atoms with E-state index in [9.17, 15) is 0 Å². The van der Waals surface area contributed by atoms with E-state index in [1.54, 1.807) is 0 Å². The number of fused-ring (bicyclic) bond motifs is 8. The molecule has 0 amide bonds. The Morgan fingerprint density at radius 2 is 1.13 bits per heavy atom. The van der Waals surface area contributed by atoms with Gasteiger partial charge in [-0.05, 0) is 108 Å². The summed E-state index contributed by atoms with van der Waals surface area (Å²) in [4.78, 5) is 20.6. The molecule has 0 saturated carbocycles. The maximum Gasteiger partial charge on any atom is 0.0737 e. The zero-order chi connectivity index (χ0) is 34.5. The molecule has 0 saturated heterocycles. The van der Waals surface area contributed by atoms with Gasteiger partial charge >= 0.3 is 0 Å². The lowest BCUT2D eigenvalue weighted by atomic mass is 9.91. The van der Waals surface area contributed by atoms with Gasteiger partial charge in [0.2, 0.25) is 0 Å². The third-order valence-corrected chi connectivity index (χ3v) is 9.87. The number of allylic oxidation sites excluding steroid dienone is 6. The third kappa shape index (κ3) is 6.14. The van der Waals surface area contributed by atoms with E-state index in [-0.39, 0.29) is 12.4 Å². The van der Waals surface area contributed by atoms with Crippen LogP contribution in [-0.4, -0.2) is 75.0 Å². The summed E-state index contributed by atoms with van der Waals surface area (Å²) < 4.78 is 2.47. The van der Waals surface area contributed by atoms with Crippen molar-refractivity contribution in [2.75, 3.05) is 40.8 Å². The number of nitrogens with one attached hydrogen (secondary N) is 1. The molecule has 5 aliphatic heterocycles. The lowest BCUT2D eigenvalue weighted by Crippen LogP contribution is -2.16. The molecule has 0 spiro atoms. The lowest BCUT2D eigenvalue weighted by Gasteiger charge is -2.22. The number of benzene rings is 1. The molecule has 4 aromatic rings. The zero-order valence-corrected chi connectivity index (χ0v) is 30.3. The molecule has 1 N–H and O–H groups in total. The van der Waals surface area contributed by atoms with Crippen molar-refractivity contribution in [1.29, 1.82) is 0 Å². The van der Waals surface area contributed by atoms with Crippen molar-refractivity contribution in [3.05, 3.63) is 150 Å². The Morgan fingerprint density at radius 3 is 1.75 bits per heavy atom. The summed E-state index contributed by atoms with van der Waals surface area (Å²) in [5.74, 6) is 0. The Hall–Kier alpha value is -6.05. The number of halogens is 1. The Balaban J connectivity index is 0.00000387. The molecule has 0 fully saturated rings. The van der Waals surface area contributed by atoms with Crippen LogP contribution in [0.4, 0.5) is 0 Å². The number of likely N-dealkylation sites (N-methyl/N-ethyl adjacent to an activating group) is 3. The summed E-state index contributed by atoms with van der Waals surface area (Å²) in [6.07, 6.45) is 28.8.